The molecule has 1 aromatic heterocycles. The van der Waals surface area contributed by atoms with Crippen molar-refractivity contribution in [3.63, 3.8) is 0 Å². The fourth-order valence-electron chi connectivity index (χ4n) is 2.07. The zero-order valence-corrected chi connectivity index (χ0v) is 14.4. The van der Waals surface area contributed by atoms with Crippen LogP contribution in [0.2, 0.25) is 0 Å². The monoisotopic (exact) mass is 346 g/mol. The molecule has 3 nitrogen and oxygen atoms in total. The highest BCUT2D eigenvalue weighted by molar-refractivity contribution is 8.26. The third kappa shape index (κ3) is 3.24. The Balaban J connectivity index is 1.71. The Morgan fingerprint density at radius 1 is 1.27 bits per heavy atom. The molecule has 1 amide bonds. The Kier molecular flexibility index (Phi) is 4.61. The van der Waals surface area contributed by atoms with Crippen LogP contribution in [0.5, 0.6) is 0 Å². The first-order valence-corrected chi connectivity index (χ1v) is 8.84. The van der Waals surface area contributed by atoms with Crippen LogP contribution >= 0.6 is 35.3 Å². The Labute approximate surface area is 143 Å². The van der Waals surface area contributed by atoms with Gasteiger partial charge in [-0.1, -0.05) is 48.2 Å². The van der Waals surface area contributed by atoms with Crippen LogP contribution in [0.15, 0.2) is 46.7 Å². The molecule has 1 fully saturated rings. The molecule has 3 rings (SSSR count). The van der Waals surface area contributed by atoms with Crippen LogP contribution in [0.4, 0.5) is 5.69 Å². The number of amides is 1. The number of rotatable bonds is 4. The molecule has 1 aliphatic rings. The van der Waals surface area contributed by atoms with Gasteiger partial charge in [0.1, 0.15) is 4.32 Å². The van der Waals surface area contributed by atoms with Crippen LogP contribution in [0.1, 0.15) is 10.4 Å². The zero-order chi connectivity index (χ0) is 15.5. The highest BCUT2D eigenvalue weighted by Gasteiger charge is 2.31. The molecule has 1 aliphatic heterocycles. The maximum Gasteiger partial charge on any atom is 0.267 e. The first-order chi connectivity index (χ1) is 10.6. The van der Waals surface area contributed by atoms with Crippen LogP contribution in [0.3, 0.4) is 0 Å². The number of nitrogens with zero attached hydrogens (tertiary/aromatic N) is 1. The quantitative estimate of drug-likeness (QED) is 0.660. The van der Waals surface area contributed by atoms with Crippen molar-refractivity contribution in [2.75, 3.05) is 12.0 Å². The van der Waals surface area contributed by atoms with Gasteiger partial charge in [0.05, 0.1) is 11.6 Å². The molecule has 1 aromatic carbocycles. The number of hydrogen-bond acceptors (Lipinski definition) is 5. The zero-order valence-electron chi connectivity index (χ0n) is 11.9. The van der Waals surface area contributed by atoms with Crippen LogP contribution in [0.25, 0.3) is 6.08 Å². The summed E-state index contributed by atoms with van der Waals surface area (Å²) in [6, 6.07) is 11.9. The second-order valence-electron chi connectivity index (χ2n) is 4.77. The number of hydrogen-bond donors (Lipinski definition) is 1. The number of nitrogens with one attached hydrogen (secondary N) is 1. The van der Waals surface area contributed by atoms with Gasteiger partial charge in [-0.15, -0.1) is 11.3 Å². The van der Waals surface area contributed by atoms with E-state index in [-0.39, 0.29) is 5.91 Å². The van der Waals surface area contributed by atoms with Crippen LogP contribution in [0, 0.1) is 6.92 Å². The fourth-order valence-corrected chi connectivity index (χ4v) is 4.05. The normalized spacial score (nSPS) is 16.6. The standard InChI is InChI=1S/C16H14N2OS3/c1-11-5-2-3-7-13(11)17-10-18-15(19)14(22-16(18)20)9-12-6-4-8-21-12/h2-9,17H,10H2,1H3. The highest BCUT2D eigenvalue weighted by atomic mass is 32.2. The van der Waals surface area contributed by atoms with Crippen molar-refractivity contribution in [1.82, 2.24) is 4.90 Å². The molecule has 0 atom stereocenters. The Bertz CT molecular complexity index is 738. The van der Waals surface area contributed by atoms with E-state index < -0.39 is 0 Å². The smallest absolute Gasteiger partial charge is 0.267 e. The Morgan fingerprint density at radius 2 is 2.09 bits per heavy atom. The number of thioether (sulfide) groups is 1. The number of para-hydroxylation sites is 1. The summed E-state index contributed by atoms with van der Waals surface area (Å²) in [6.07, 6.45) is 1.90. The fraction of sp³-hybridized carbons (Fsp3) is 0.125. The predicted octanol–water partition coefficient (Wildman–Crippen LogP) is 4.33. The van der Waals surface area contributed by atoms with Gasteiger partial charge < -0.3 is 5.32 Å². The minimum Gasteiger partial charge on any atom is -0.367 e. The summed E-state index contributed by atoms with van der Waals surface area (Å²) in [5.74, 6) is -0.0375. The molecule has 6 heteroatoms. The van der Waals surface area contributed by atoms with Crippen molar-refractivity contribution >= 4 is 57.3 Å². The van der Waals surface area contributed by atoms with Crippen LogP contribution in [-0.4, -0.2) is 21.8 Å². The summed E-state index contributed by atoms with van der Waals surface area (Å²) in [7, 11) is 0. The predicted molar refractivity (Wildman–Crippen MR) is 99.0 cm³/mol. The lowest BCUT2D eigenvalue weighted by Gasteiger charge is -2.17. The average molecular weight is 347 g/mol. The van der Waals surface area contributed by atoms with Crippen LogP contribution < -0.4 is 5.32 Å². The topological polar surface area (TPSA) is 32.3 Å². The Hall–Kier alpha value is -1.63. The van der Waals surface area contributed by atoms with Crippen molar-refractivity contribution in [2.45, 2.75) is 6.92 Å². The lowest BCUT2D eigenvalue weighted by Crippen LogP contribution is -2.33. The van der Waals surface area contributed by atoms with E-state index in [2.05, 4.69) is 5.32 Å². The molecule has 0 spiro atoms. The molecular formula is C16H14N2OS3. The molecule has 0 radical (unpaired) electrons. The van der Waals surface area contributed by atoms with Gasteiger partial charge in [-0.25, -0.2) is 0 Å². The maximum atomic E-state index is 12.5. The molecule has 2 aromatic rings. The summed E-state index contributed by atoms with van der Waals surface area (Å²) < 4.78 is 0.592. The van der Waals surface area contributed by atoms with Crippen molar-refractivity contribution in [3.8, 4) is 0 Å². The van der Waals surface area contributed by atoms with Crippen molar-refractivity contribution in [2.24, 2.45) is 0 Å². The van der Waals surface area contributed by atoms with E-state index in [9.17, 15) is 4.79 Å². The number of thiophene rings is 1. The SMILES string of the molecule is Cc1ccccc1NCN1C(=O)C(=Cc2cccs2)SC1=S. The summed E-state index contributed by atoms with van der Waals surface area (Å²) in [5, 5.41) is 5.27. The first kappa shape index (κ1) is 15.3. The van der Waals surface area contributed by atoms with Gasteiger partial charge in [0, 0.05) is 10.6 Å². The first-order valence-electron chi connectivity index (χ1n) is 6.73. The minimum atomic E-state index is -0.0375. The third-order valence-electron chi connectivity index (χ3n) is 3.26. The van der Waals surface area contributed by atoms with E-state index in [0.29, 0.717) is 15.9 Å². The second kappa shape index (κ2) is 6.64. The lowest BCUT2D eigenvalue weighted by molar-refractivity contribution is -0.121. The van der Waals surface area contributed by atoms with E-state index in [0.717, 1.165) is 16.1 Å². The van der Waals surface area contributed by atoms with Crippen LogP contribution in [-0.2, 0) is 4.79 Å². The molecule has 0 bridgehead atoms. The summed E-state index contributed by atoms with van der Waals surface area (Å²) >= 11 is 8.29. The number of aryl methyl sites for hydroxylation is 1. The van der Waals surface area contributed by atoms with Gasteiger partial charge in [0.2, 0.25) is 0 Å². The van der Waals surface area contributed by atoms with Gasteiger partial charge in [0.15, 0.2) is 0 Å². The number of anilines is 1. The molecule has 2 heterocycles. The van der Waals surface area contributed by atoms with E-state index in [1.807, 2.05) is 54.8 Å². The second-order valence-corrected chi connectivity index (χ2v) is 7.43. The highest BCUT2D eigenvalue weighted by Crippen LogP contribution is 2.33. The van der Waals surface area contributed by atoms with Gasteiger partial charge >= 0.3 is 0 Å². The molecule has 112 valence electrons. The van der Waals surface area contributed by atoms with E-state index in [1.165, 1.54) is 11.8 Å². The number of carbonyl (C=O) groups is 1. The van der Waals surface area contributed by atoms with Crippen molar-refractivity contribution in [3.05, 3.63) is 57.1 Å². The number of thiocarbonyl (C=S) groups is 1. The number of carbonyl (C=O) groups excluding carboxylic acids is 1. The van der Waals surface area contributed by atoms with Crippen molar-refractivity contribution < 1.29 is 4.79 Å². The Morgan fingerprint density at radius 3 is 2.82 bits per heavy atom. The van der Waals surface area contributed by atoms with Gasteiger partial charge in [-0.05, 0) is 36.1 Å². The maximum absolute atomic E-state index is 12.5. The van der Waals surface area contributed by atoms with E-state index in [1.54, 1.807) is 16.2 Å². The molecule has 22 heavy (non-hydrogen) atoms. The molecule has 1 N–H and O–H groups in total. The molecular weight excluding hydrogens is 332 g/mol. The largest absolute Gasteiger partial charge is 0.367 e. The third-order valence-corrected chi connectivity index (χ3v) is 5.46. The lowest BCUT2D eigenvalue weighted by atomic mass is 10.2. The molecule has 0 aliphatic carbocycles. The summed E-state index contributed by atoms with van der Waals surface area (Å²) in [5.41, 5.74) is 2.15. The summed E-state index contributed by atoms with van der Waals surface area (Å²) in [4.78, 5) is 15.8. The van der Waals surface area contributed by atoms with E-state index >= 15 is 0 Å². The van der Waals surface area contributed by atoms with Crippen molar-refractivity contribution in [1.29, 1.82) is 0 Å². The number of benzene rings is 1. The van der Waals surface area contributed by atoms with Gasteiger partial charge in [-0.3, -0.25) is 9.69 Å². The summed E-state index contributed by atoms with van der Waals surface area (Å²) in [6.45, 7) is 2.42. The van der Waals surface area contributed by atoms with Gasteiger partial charge in [0.25, 0.3) is 5.91 Å². The van der Waals surface area contributed by atoms with Gasteiger partial charge in [-0.2, -0.15) is 0 Å². The minimum absolute atomic E-state index is 0.0375. The molecule has 0 unspecified atom stereocenters. The molecule has 1 saturated heterocycles. The van der Waals surface area contributed by atoms with E-state index in [4.69, 9.17) is 12.2 Å². The molecule has 0 saturated carbocycles. The average Bonchev–Trinajstić information content (AvgIpc) is 3.09.